The van der Waals surface area contributed by atoms with Gasteiger partial charge in [-0.1, -0.05) is 12.1 Å². The molecule has 1 aromatic rings. The molecule has 1 aromatic carbocycles. The molecule has 3 heteroatoms. The molecule has 0 spiro atoms. The minimum atomic E-state index is 0.749. The molecular formula is C15H24N2O. The molecule has 3 nitrogen and oxygen atoms in total. The fourth-order valence-corrected chi connectivity index (χ4v) is 2.64. The van der Waals surface area contributed by atoms with Crippen molar-refractivity contribution in [2.45, 2.75) is 26.3 Å². The molecule has 0 amide bonds. The van der Waals surface area contributed by atoms with Crippen LogP contribution in [0.25, 0.3) is 0 Å². The van der Waals surface area contributed by atoms with Crippen molar-refractivity contribution in [3.05, 3.63) is 29.3 Å². The van der Waals surface area contributed by atoms with Crippen LogP contribution in [0.1, 0.15) is 24.0 Å². The minimum absolute atomic E-state index is 0.749. The first-order chi connectivity index (χ1) is 8.69. The number of methoxy groups -OCH3 is 1. The van der Waals surface area contributed by atoms with Gasteiger partial charge >= 0.3 is 0 Å². The number of rotatable bonds is 4. The molecule has 1 fully saturated rings. The molecule has 18 heavy (non-hydrogen) atoms. The fraction of sp³-hybridized carbons (Fsp3) is 0.600. The molecule has 0 aromatic heterocycles. The second-order valence-electron chi connectivity index (χ2n) is 5.37. The zero-order chi connectivity index (χ0) is 13.0. The lowest BCUT2D eigenvalue weighted by Gasteiger charge is -2.31. The molecule has 0 atom stereocenters. The van der Waals surface area contributed by atoms with E-state index in [4.69, 9.17) is 10.5 Å². The van der Waals surface area contributed by atoms with Gasteiger partial charge in [-0.15, -0.1) is 0 Å². The highest BCUT2D eigenvalue weighted by Crippen LogP contribution is 2.20. The maximum atomic E-state index is 5.85. The van der Waals surface area contributed by atoms with Crippen LogP contribution in [-0.4, -0.2) is 31.7 Å². The molecule has 1 aliphatic heterocycles. The summed E-state index contributed by atoms with van der Waals surface area (Å²) in [6, 6.07) is 6.36. The van der Waals surface area contributed by atoms with Gasteiger partial charge < -0.3 is 10.5 Å². The summed E-state index contributed by atoms with van der Waals surface area (Å²) in [7, 11) is 1.80. The van der Waals surface area contributed by atoms with Crippen molar-refractivity contribution in [3.63, 3.8) is 0 Å². The molecule has 1 aliphatic rings. The molecular weight excluding hydrogens is 224 g/mol. The molecule has 2 rings (SSSR count). The summed E-state index contributed by atoms with van der Waals surface area (Å²) in [5.74, 6) is 0.749. The third kappa shape index (κ3) is 3.47. The van der Waals surface area contributed by atoms with Crippen molar-refractivity contribution < 1.29 is 4.74 Å². The molecule has 0 aliphatic carbocycles. The Kier molecular flexibility index (Phi) is 4.61. The second kappa shape index (κ2) is 6.21. The Balaban J connectivity index is 1.85. The Labute approximate surface area is 110 Å². The summed E-state index contributed by atoms with van der Waals surface area (Å²) in [4.78, 5) is 2.52. The molecule has 100 valence electrons. The Morgan fingerprint density at radius 2 is 2.06 bits per heavy atom. The molecule has 1 heterocycles. The van der Waals surface area contributed by atoms with Crippen LogP contribution in [-0.2, 0) is 11.3 Å². The van der Waals surface area contributed by atoms with E-state index in [1.54, 1.807) is 7.11 Å². The van der Waals surface area contributed by atoms with Gasteiger partial charge in [-0.25, -0.2) is 0 Å². The lowest BCUT2D eigenvalue weighted by molar-refractivity contribution is 0.0968. The summed E-state index contributed by atoms with van der Waals surface area (Å²) >= 11 is 0. The van der Waals surface area contributed by atoms with E-state index < -0.39 is 0 Å². The Hall–Kier alpha value is -1.06. The zero-order valence-corrected chi connectivity index (χ0v) is 11.5. The maximum absolute atomic E-state index is 5.85. The highest BCUT2D eigenvalue weighted by molar-refractivity contribution is 5.47. The van der Waals surface area contributed by atoms with Gasteiger partial charge in [0.25, 0.3) is 0 Å². The van der Waals surface area contributed by atoms with Gasteiger partial charge in [-0.3, -0.25) is 4.90 Å². The van der Waals surface area contributed by atoms with Crippen molar-refractivity contribution >= 4 is 5.69 Å². The van der Waals surface area contributed by atoms with Crippen LogP contribution in [0.5, 0.6) is 0 Å². The van der Waals surface area contributed by atoms with E-state index in [9.17, 15) is 0 Å². The van der Waals surface area contributed by atoms with Crippen LogP contribution < -0.4 is 5.73 Å². The van der Waals surface area contributed by atoms with Crippen molar-refractivity contribution in [2.75, 3.05) is 32.5 Å². The van der Waals surface area contributed by atoms with Gasteiger partial charge in [0, 0.05) is 25.9 Å². The van der Waals surface area contributed by atoms with Crippen LogP contribution >= 0.6 is 0 Å². The average molecular weight is 248 g/mol. The lowest BCUT2D eigenvalue weighted by Crippen LogP contribution is -2.34. The number of hydrogen-bond acceptors (Lipinski definition) is 3. The number of ether oxygens (including phenoxy) is 1. The number of likely N-dealkylation sites (tertiary alicyclic amines) is 1. The predicted octanol–water partition coefficient (Wildman–Crippen LogP) is 2.44. The van der Waals surface area contributed by atoms with Gasteiger partial charge in [0.2, 0.25) is 0 Å². The summed E-state index contributed by atoms with van der Waals surface area (Å²) in [5, 5.41) is 0. The lowest BCUT2D eigenvalue weighted by atomic mass is 9.97. The van der Waals surface area contributed by atoms with E-state index in [1.807, 2.05) is 6.07 Å². The third-order valence-electron chi connectivity index (χ3n) is 3.85. The molecule has 0 bridgehead atoms. The fourth-order valence-electron chi connectivity index (χ4n) is 2.64. The third-order valence-corrected chi connectivity index (χ3v) is 3.85. The SMILES string of the molecule is COCC1CCN(Cc2ccc(N)c(C)c2)CC1. The smallest absolute Gasteiger partial charge is 0.0491 e. The van der Waals surface area contributed by atoms with Crippen molar-refractivity contribution in [2.24, 2.45) is 5.92 Å². The van der Waals surface area contributed by atoms with Gasteiger partial charge in [-0.2, -0.15) is 0 Å². The molecule has 0 radical (unpaired) electrons. The van der Waals surface area contributed by atoms with E-state index in [0.29, 0.717) is 0 Å². The van der Waals surface area contributed by atoms with Crippen LogP contribution in [0.15, 0.2) is 18.2 Å². The standard InChI is InChI=1S/C15H24N2O/c1-12-9-14(3-4-15(12)16)10-17-7-5-13(6-8-17)11-18-2/h3-4,9,13H,5-8,10-11,16H2,1-2H3. The van der Waals surface area contributed by atoms with Gasteiger partial charge in [-0.05, 0) is 56.0 Å². The van der Waals surface area contributed by atoms with E-state index >= 15 is 0 Å². The van der Waals surface area contributed by atoms with Crippen LogP contribution in [0, 0.1) is 12.8 Å². The molecule has 0 unspecified atom stereocenters. The van der Waals surface area contributed by atoms with Crippen molar-refractivity contribution in [1.82, 2.24) is 4.90 Å². The average Bonchev–Trinajstić information content (AvgIpc) is 2.37. The number of anilines is 1. The van der Waals surface area contributed by atoms with Crippen LogP contribution in [0.2, 0.25) is 0 Å². The number of nitrogens with zero attached hydrogens (tertiary/aromatic N) is 1. The summed E-state index contributed by atoms with van der Waals surface area (Å²) < 4.78 is 5.23. The highest BCUT2D eigenvalue weighted by Gasteiger charge is 2.18. The maximum Gasteiger partial charge on any atom is 0.0491 e. The quantitative estimate of drug-likeness (QED) is 0.832. The summed E-state index contributed by atoms with van der Waals surface area (Å²) in [6.45, 7) is 6.38. The van der Waals surface area contributed by atoms with Gasteiger partial charge in [0.05, 0.1) is 0 Å². The monoisotopic (exact) mass is 248 g/mol. The normalized spacial score (nSPS) is 18.1. The topological polar surface area (TPSA) is 38.5 Å². The summed E-state index contributed by atoms with van der Waals surface area (Å²) in [6.07, 6.45) is 2.50. The zero-order valence-electron chi connectivity index (χ0n) is 11.5. The first-order valence-electron chi connectivity index (χ1n) is 6.75. The van der Waals surface area contributed by atoms with Gasteiger partial charge in [0.1, 0.15) is 0 Å². The van der Waals surface area contributed by atoms with Crippen LogP contribution in [0.3, 0.4) is 0 Å². The molecule has 2 N–H and O–H groups in total. The van der Waals surface area contributed by atoms with Crippen molar-refractivity contribution in [1.29, 1.82) is 0 Å². The molecule has 1 saturated heterocycles. The van der Waals surface area contributed by atoms with E-state index in [1.165, 1.54) is 37.1 Å². The second-order valence-corrected chi connectivity index (χ2v) is 5.37. The highest BCUT2D eigenvalue weighted by atomic mass is 16.5. The Morgan fingerprint density at radius 3 is 2.67 bits per heavy atom. The van der Waals surface area contributed by atoms with E-state index in [-0.39, 0.29) is 0 Å². The first kappa shape index (κ1) is 13.4. The number of nitrogen functional groups attached to an aromatic ring is 1. The number of piperidine rings is 1. The van der Waals surface area contributed by atoms with Crippen molar-refractivity contribution in [3.8, 4) is 0 Å². The van der Waals surface area contributed by atoms with Gasteiger partial charge in [0.15, 0.2) is 0 Å². The Morgan fingerprint density at radius 1 is 1.33 bits per heavy atom. The predicted molar refractivity (Wildman–Crippen MR) is 75.5 cm³/mol. The number of hydrogen-bond donors (Lipinski definition) is 1. The summed E-state index contributed by atoms with van der Waals surface area (Å²) in [5.41, 5.74) is 9.28. The minimum Gasteiger partial charge on any atom is -0.399 e. The number of nitrogens with two attached hydrogens (primary N) is 1. The number of benzene rings is 1. The number of aryl methyl sites for hydroxylation is 1. The van der Waals surface area contributed by atoms with E-state index in [0.717, 1.165) is 24.8 Å². The van der Waals surface area contributed by atoms with E-state index in [2.05, 4.69) is 24.0 Å². The van der Waals surface area contributed by atoms with Crippen LogP contribution in [0.4, 0.5) is 5.69 Å². The largest absolute Gasteiger partial charge is 0.399 e. The Bertz CT molecular complexity index is 384. The molecule has 0 saturated carbocycles. The first-order valence-corrected chi connectivity index (χ1v) is 6.75.